The average molecular weight is 318 g/mol. The molecule has 2 N–H and O–H groups in total. The van der Waals surface area contributed by atoms with Crippen LogP contribution in [0.25, 0.3) is 0 Å². The maximum absolute atomic E-state index is 10.2. The minimum Gasteiger partial charge on any atom is -0.388 e. The Morgan fingerprint density at radius 3 is 2.73 bits per heavy atom. The summed E-state index contributed by atoms with van der Waals surface area (Å²) < 4.78 is 2.08. The van der Waals surface area contributed by atoms with Crippen molar-refractivity contribution in [3.8, 4) is 0 Å². The van der Waals surface area contributed by atoms with Crippen LogP contribution in [0, 0.1) is 0 Å². The molecule has 2 heterocycles. The summed E-state index contributed by atoms with van der Waals surface area (Å²) in [4.78, 5) is 0. The Bertz CT molecular complexity index is 595. The van der Waals surface area contributed by atoms with Crippen LogP contribution in [0.15, 0.2) is 35.5 Å². The van der Waals surface area contributed by atoms with Crippen LogP contribution in [0.3, 0.4) is 0 Å². The van der Waals surface area contributed by atoms with Gasteiger partial charge in [-0.15, -0.1) is 10.2 Å². The smallest absolute Gasteiger partial charge is 0.191 e. The van der Waals surface area contributed by atoms with Crippen molar-refractivity contribution < 1.29 is 5.11 Å². The summed E-state index contributed by atoms with van der Waals surface area (Å²) in [5, 5.41) is 23.2. The predicted molar refractivity (Wildman–Crippen MR) is 88.0 cm³/mol. The molecule has 1 atom stereocenters. The second kappa shape index (κ2) is 7.26. The maximum atomic E-state index is 10.2. The molecule has 0 spiro atoms. The highest BCUT2D eigenvalue weighted by atomic mass is 32.2. The first kappa shape index (κ1) is 15.5. The quantitative estimate of drug-likeness (QED) is 0.827. The van der Waals surface area contributed by atoms with E-state index in [0.29, 0.717) is 11.7 Å². The summed E-state index contributed by atoms with van der Waals surface area (Å²) in [6.45, 7) is 2.10. The minimum atomic E-state index is -0.481. The van der Waals surface area contributed by atoms with Crippen molar-refractivity contribution in [2.75, 3.05) is 18.8 Å². The average Bonchev–Trinajstić information content (AvgIpc) is 2.95. The van der Waals surface area contributed by atoms with Crippen molar-refractivity contribution >= 4 is 11.8 Å². The number of piperidine rings is 1. The van der Waals surface area contributed by atoms with E-state index in [4.69, 9.17) is 0 Å². The summed E-state index contributed by atoms with van der Waals surface area (Å²) in [7, 11) is 2.02. The van der Waals surface area contributed by atoms with Crippen molar-refractivity contribution in [2.45, 2.75) is 30.0 Å². The number of hydrogen-bond donors (Lipinski definition) is 2. The molecule has 0 bridgehead atoms. The number of aromatic nitrogens is 3. The van der Waals surface area contributed by atoms with Gasteiger partial charge in [-0.1, -0.05) is 42.1 Å². The van der Waals surface area contributed by atoms with E-state index in [-0.39, 0.29) is 0 Å². The topological polar surface area (TPSA) is 63.0 Å². The minimum absolute atomic E-state index is 0.481. The maximum Gasteiger partial charge on any atom is 0.191 e. The molecule has 6 heteroatoms. The summed E-state index contributed by atoms with van der Waals surface area (Å²) in [6, 6.07) is 9.74. The number of nitrogens with one attached hydrogen (secondary N) is 1. The van der Waals surface area contributed by atoms with Crippen molar-refractivity contribution in [3.05, 3.63) is 41.7 Å². The molecule has 0 amide bonds. The first-order valence-corrected chi connectivity index (χ1v) is 8.70. The van der Waals surface area contributed by atoms with E-state index in [0.717, 1.165) is 42.5 Å². The molecule has 5 nitrogen and oxygen atoms in total. The van der Waals surface area contributed by atoms with Crippen molar-refractivity contribution in [3.63, 3.8) is 0 Å². The van der Waals surface area contributed by atoms with E-state index >= 15 is 0 Å². The Labute approximate surface area is 135 Å². The summed E-state index contributed by atoms with van der Waals surface area (Å²) in [5.41, 5.74) is 0.941. The van der Waals surface area contributed by atoms with Gasteiger partial charge in [0.2, 0.25) is 0 Å². The van der Waals surface area contributed by atoms with Gasteiger partial charge in [0.1, 0.15) is 5.82 Å². The largest absolute Gasteiger partial charge is 0.388 e. The summed E-state index contributed by atoms with van der Waals surface area (Å²) in [5.74, 6) is 2.15. The monoisotopic (exact) mass is 318 g/mol. The van der Waals surface area contributed by atoms with Gasteiger partial charge in [0, 0.05) is 18.7 Å². The molecular formula is C16H22N4OS. The molecule has 118 valence electrons. The normalized spacial score (nSPS) is 17.5. The van der Waals surface area contributed by atoms with Gasteiger partial charge < -0.3 is 15.0 Å². The SMILES string of the molecule is Cn1c(SCC(O)c2ccccc2)nnc1C1CCNCC1. The molecule has 1 saturated heterocycles. The fourth-order valence-corrected chi connectivity index (χ4v) is 3.70. The van der Waals surface area contributed by atoms with Crippen LogP contribution in [-0.4, -0.2) is 38.7 Å². The van der Waals surface area contributed by atoms with Gasteiger partial charge in [-0.2, -0.15) is 0 Å². The van der Waals surface area contributed by atoms with Crippen LogP contribution in [-0.2, 0) is 7.05 Å². The molecule has 22 heavy (non-hydrogen) atoms. The number of benzene rings is 1. The van der Waals surface area contributed by atoms with Crippen molar-refractivity contribution in [1.29, 1.82) is 0 Å². The Kier molecular flexibility index (Phi) is 5.12. The Morgan fingerprint density at radius 2 is 2.00 bits per heavy atom. The fraction of sp³-hybridized carbons (Fsp3) is 0.500. The second-order valence-corrected chi connectivity index (χ2v) is 6.65. The van der Waals surface area contributed by atoms with Crippen molar-refractivity contribution in [2.24, 2.45) is 7.05 Å². The van der Waals surface area contributed by atoms with E-state index in [1.165, 1.54) is 0 Å². The molecule has 1 aliphatic heterocycles. The Hall–Kier alpha value is -1.37. The number of nitrogens with zero attached hydrogens (tertiary/aromatic N) is 3. The number of aliphatic hydroxyl groups excluding tert-OH is 1. The molecule has 1 unspecified atom stereocenters. The summed E-state index contributed by atoms with van der Waals surface area (Å²) in [6.07, 6.45) is 1.75. The van der Waals surface area contributed by atoms with Gasteiger partial charge in [0.25, 0.3) is 0 Å². The highest BCUT2D eigenvalue weighted by Gasteiger charge is 2.22. The van der Waals surface area contributed by atoms with E-state index in [1.54, 1.807) is 11.8 Å². The molecule has 1 aromatic heterocycles. The highest BCUT2D eigenvalue weighted by Crippen LogP contribution is 2.28. The van der Waals surface area contributed by atoms with Crippen LogP contribution >= 0.6 is 11.8 Å². The van der Waals surface area contributed by atoms with Crippen molar-refractivity contribution in [1.82, 2.24) is 20.1 Å². The van der Waals surface area contributed by atoms with E-state index in [2.05, 4.69) is 20.1 Å². The van der Waals surface area contributed by atoms with Gasteiger partial charge in [0.15, 0.2) is 5.16 Å². The van der Waals surface area contributed by atoms with E-state index in [1.807, 2.05) is 37.4 Å². The molecule has 0 saturated carbocycles. The predicted octanol–water partition coefficient (Wildman–Crippen LogP) is 2.11. The highest BCUT2D eigenvalue weighted by molar-refractivity contribution is 7.99. The van der Waals surface area contributed by atoms with Crippen LogP contribution in [0.5, 0.6) is 0 Å². The third-order valence-corrected chi connectivity index (χ3v) is 5.22. The molecular weight excluding hydrogens is 296 g/mol. The lowest BCUT2D eigenvalue weighted by Gasteiger charge is -2.21. The molecule has 1 aromatic carbocycles. The molecule has 0 radical (unpaired) electrons. The first-order valence-electron chi connectivity index (χ1n) is 7.71. The zero-order valence-corrected chi connectivity index (χ0v) is 13.6. The van der Waals surface area contributed by atoms with Gasteiger partial charge in [-0.25, -0.2) is 0 Å². The van der Waals surface area contributed by atoms with Crippen LogP contribution in [0.1, 0.15) is 36.3 Å². The van der Waals surface area contributed by atoms with Gasteiger partial charge in [0.05, 0.1) is 6.10 Å². The molecule has 0 aliphatic carbocycles. The van der Waals surface area contributed by atoms with E-state index < -0.39 is 6.10 Å². The lowest BCUT2D eigenvalue weighted by atomic mass is 9.97. The zero-order valence-electron chi connectivity index (χ0n) is 12.8. The first-order chi connectivity index (χ1) is 10.8. The Balaban J connectivity index is 1.62. The van der Waals surface area contributed by atoms with Gasteiger partial charge in [-0.3, -0.25) is 0 Å². The number of rotatable bonds is 5. The number of hydrogen-bond acceptors (Lipinski definition) is 5. The van der Waals surface area contributed by atoms with Crippen LogP contribution in [0.2, 0.25) is 0 Å². The lowest BCUT2D eigenvalue weighted by Crippen LogP contribution is -2.27. The Morgan fingerprint density at radius 1 is 1.27 bits per heavy atom. The molecule has 3 rings (SSSR count). The third-order valence-electron chi connectivity index (χ3n) is 4.13. The van der Waals surface area contributed by atoms with Crippen LogP contribution in [0.4, 0.5) is 0 Å². The van der Waals surface area contributed by atoms with Gasteiger partial charge in [-0.05, 0) is 31.5 Å². The molecule has 1 aliphatic rings. The lowest BCUT2D eigenvalue weighted by molar-refractivity contribution is 0.204. The number of aliphatic hydroxyl groups is 1. The third kappa shape index (κ3) is 3.51. The van der Waals surface area contributed by atoms with Gasteiger partial charge >= 0.3 is 0 Å². The second-order valence-electron chi connectivity index (χ2n) is 5.66. The molecule has 2 aromatic rings. The number of thioether (sulfide) groups is 1. The van der Waals surface area contributed by atoms with E-state index in [9.17, 15) is 5.11 Å². The fourth-order valence-electron chi connectivity index (χ4n) is 2.81. The summed E-state index contributed by atoms with van der Waals surface area (Å²) >= 11 is 1.56. The standard InChI is InChI=1S/C16H22N4OS/c1-20-15(13-7-9-17-10-8-13)18-19-16(20)22-11-14(21)12-5-3-2-4-6-12/h2-6,13-14,17,21H,7-11H2,1H3. The van der Waals surface area contributed by atoms with Crippen LogP contribution < -0.4 is 5.32 Å². The molecule has 1 fully saturated rings. The zero-order chi connectivity index (χ0) is 15.4.